The van der Waals surface area contributed by atoms with Gasteiger partial charge in [-0.15, -0.1) is 0 Å². The first-order valence-electron chi connectivity index (χ1n) is 6.76. The molecule has 0 saturated carbocycles. The Kier molecular flexibility index (Phi) is 6.84. The lowest BCUT2D eigenvalue weighted by molar-refractivity contribution is 0.289. The molecule has 4 heteroatoms. The minimum absolute atomic E-state index is 0.571. The highest BCUT2D eigenvalue weighted by Gasteiger charge is 2.07. The van der Waals surface area contributed by atoms with Gasteiger partial charge < -0.3 is 20.3 Å². The molecule has 0 spiro atoms. The van der Waals surface area contributed by atoms with Crippen molar-refractivity contribution < 1.29 is 4.74 Å². The fraction of sp³-hybridized carbons (Fsp3) is 0.600. The van der Waals surface area contributed by atoms with Crippen LogP contribution in [0, 0.1) is 0 Å². The first kappa shape index (κ1) is 16.0. The van der Waals surface area contributed by atoms with E-state index in [2.05, 4.69) is 37.0 Å². The van der Waals surface area contributed by atoms with Crippen molar-refractivity contribution in [2.45, 2.75) is 19.5 Å². The highest BCUT2D eigenvalue weighted by Crippen LogP contribution is 2.21. The van der Waals surface area contributed by atoms with E-state index in [4.69, 9.17) is 10.5 Å². The van der Waals surface area contributed by atoms with Gasteiger partial charge in [0.2, 0.25) is 0 Å². The zero-order valence-electron chi connectivity index (χ0n) is 12.6. The lowest BCUT2D eigenvalue weighted by Crippen LogP contribution is -2.23. The average molecular weight is 265 g/mol. The Morgan fingerprint density at radius 2 is 1.89 bits per heavy atom. The van der Waals surface area contributed by atoms with Crippen LogP contribution in [-0.2, 0) is 13.1 Å². The zero-order chi connectivity index (χ0) is 14.3. The minimum Gasteiger partial charge on any atom is -0.496 e. The third kappa shape index (κ3) is 5.59. The van der Waals surface area contributed by atoms with Gasteiger partial charge in [-0.25, -0.2) is 0 Å². The van der Waals surface area contributed by atoms with Gasteiger partial charge >= 0.3 is 0 Å². The standard InChI is InChI=1S/C15H27N3O/c1-17(2)8-5-9-18(3)12-14-10-13(11-16)6-7-15(14)19-4/h6-7,10H,5,8-9,11-12,16H2,1-4H3. The fourth-order valence-corrected chi connectivity index (χ4v) is 2.11. The lowest BCUT2D eigenvalue weighted by atomic mass is 10.1. The molecule has 1 rings (SSSR count). The quantitative estimate of drug-likeness (QED) is 0.774. The van der Waals surface area contributed by atoms with Crippen molar-refractivity contribution in [3.63, 3.8) is 0 Å². The van der Waals surface area contributed by atoms with Gasteiger partial charge in [0.05, 0.1) is 7.11 Å². The third-order valence-electron chi connectivity index (χ3n) is 3.17. The first-order valence-corrected chi connectivity index (χ1v) is 6.76. The zero-order valence-corrected chi connectivity index (χ0v) is 12.6. The van der Waals surface area contributed by atoms with Crippen LogP contribution in [0.3, 0.4) is 0 Å². The molecule has 108 valence electrons. The maximum Gasteiger partial charge on any atom is 0.123 e. The molecule has 0 bridgehead atoms. The molecule has 0 unspecified atom stereocenters. The number of hydrogen-bond acceptors (Lipinski definition) is 4. The first-order chi connectivity index (χ1) is 9.06. The molecule has 0 atom stereocenters. The Balaban J connectivity index is 2.58. The molecule has 0 heterocycles. The van der Waals surface area contributed by atoms with E-state index >= 15 is 0 Å². The van der Waals surface area contributed by atoms with Crippen LogP contribution in [0.25, 0.3) is 0 Å². The number of rotatable bonds is 8. The summed E-state index contributed by atoms with van der Waals surface area (Å²) in [4.78, 5) is 4.53. The van der Waals surface area contributed by atoms with Gasteiger partial charge in [-0.3, -0.25) is 0 Å². The number of nitrogens with zero attached hydrogens (tertiary/aromatic N) is 2. The summed E-state index contributed by atoms with van der Waals surface area (Å²) in [5.41, 5.74) is 8.05. The molecule has 0 aliphatic carbocycles. The Morgan fingerprint density at radius 1 is 1.16 bits per heavy atom. The van der Waals surface area contributed by atoms with Crippen molar-refractivity contribution >= 4 is 0 Å². The summed E-state index contributed by atoms with van der Waals surface area (Å²) in [5, 5.41) is 0. The summed E-state index contributed by atoms with van der Waals surface area (Å²) >= 11 is 0. The largest absolute Gasteiger partial charge is 0.496 e. The van der Waals surface area contributed by atoms with E-state index in [1.54, 1.807) is 7.11 Å². The number of methoxy groups -OCH3 is 1. The smallest absolute Gasteiger partial charge is 0.123 e. The van der Waals surface area contributed by atoms with E-state index in [1.165, 1.54) is 12.0 Å². The molecule has 0 fully saturated rings. The molecule has 0 aliphatic heterocycles. The topological polar surface area (TPSA) is 41.7 Å². The summed E-state index contributed by atoms with van der Waals surface area (Å²) < 4.78 is 5.41. The number of benzene rings is 1. The molecule has 4 nitrogen and oxygen atoms in total. The van der Waals surface area contributed by atoms with Gasteiger partial charge in [-0.1, -0.05) is 6.07 Å². The van der Waals surface area contributed by atoms with Gasteiger partial charge in [0.25, 0.3) is 0 Å². The van der Waals surface area contributed by atoms with Crippen LogP contribution in [0.5, 0.6) is 5.75 Å². The van der Waals surface area contributed by atoms with Gasteiger partial charge in [0, 0.05) is 18.7 Å². The van der Waals surface area contributed by atoms with Crippen molar-refractivity contribution in [3.05, 3.63) is 29.3 Å². The predicted molar refractivity (Wildman–Crippen MR) is 80.4 cm³/mol. The second-order valence-corrected chi connectivity index (χ2v) is 5.24. The molecule has 0 aliphatic rings. The molecule has 2 N–H and O–H groups in total. The number of hydrogen-bond donors (Lipinski definition) is 1. The van der Waals surface area contributed by atoms with E-state index in [0.717, 1.165) is 30.9 Å². The number of nitrogens with two attached hydrogens (primary N) is 1. The van der Waals surface area contributed by atoms with E-state index < -0.39 is 0 Å². The van der Waals surface area contributed by atoms with E-state index in [9.17, 15) is 0 Å². The highest BCUT2D eigenvalue weighted by atomic mass is 16.5. The summed E-state index contributed by atoms with van der Waals surface area (Å²) in [7, 11) is 8.07. The van der Waals surface area contributed by atoms with Gasteiger partial charge in [-0.05, 0) is 58.3 Å². The van der Waals surface area contributed by atoms with Crippen LogP contribution >= 0.6 is 0 Å². The molecule has 0 amide bonds. The monoisotopic (exact) mass is 265 g/mol. The molecule has 0 radical (unpaired) electrons. The molecular formula is C15H27N3O. The summed E-state index contributed by atoms with van der Waals surface area (Å²) in [6, 6.07) is 6.17. The Morgan fingerprint density at radius 3 is 2.47 bits per heavy atom. The maximum absolute atomic E-state index is 5.69. The third-order valence-corrected chi connectivity index (χ3v) is 3.17. The molecule has 19 heavy (non-hydrogen) atoms. The molecule has 1 aromatic carbocycles. The summed E-state index contributed by atoms with van der Waals surface area (Å²) in [6.07, 6.45) is 1.17. The normalized spacial score (nSPS) is 11.3. The van der Waals surface area contributed by atoms with Crippen LogP contribution in [0.4, 0.5) is 0 Å². The van der Waals surface area contributed by atoms with Crippen molar-refractivity contribution in [1.29, 1.82) is 0 Å². The summed E-state index contributed by atoms with van der Waals surface area (Å²) in [6.45, 7) is 3.66. The van der Waals surface area contributed by atoms with Crippen molar-refractivity contribution in [2.24, 2.45) is 5.73 Å². The Hall–Kier alpha value is -1.10. The molecular weight excluding hydrogens is 238 g/mol. The van der Waals surface area contributed by atoms with Crippen LogP contribution < -0.4 is 10.5 Å². The Bertz CT molecular complexity index is 380. The van der Waals surface area contributed by atoms with Crippen molar-refractivity contribution in [2.75, 3.05) is 41.3 Å². The average Bonchev–Trinajstić information content (AvgIpc) is 2.38. The van der Waals surface area contributed by atoms with Crippen LogP contribution in [-0.4, -0.2) is 51.1 Å². The van der Waals surface area contributed by atoms with E-state index in [0.29, 0.717) is 6.54 Å². The number of ether oxygens (including phenoxy) is 1. The fourth-order valence-electron chi connectivity index (χ4n) is 2.11. The minimum atomic E-state index is 0.571. The summed E-state index contributed by atoms with van der Waals surface area (Å²) in [5.74, 6) is 0.941. The molecule has 0 aromatic heterocycles. The lowest BCUT2D eigenvalue weighted by Gasteiger charge is -2.20. The van der Waals surface area contributed by atoms with Crippen molar-refractivity contribution in [3.8, 4) is 5.75 Å². The van der Waals surface area contributed by atoms with Crippen LogP contribution in [0.15, 0.2) is 18.2 Å². The SMILES string of the molecule is COc1ccc(CN)cc1CN(C)CCCN(C)C. The second kappa shape index (κ2) is 8.15. The predicted octanol–water partition coefficient (Wildman–Crippen LogP) is 1.54. The van der Waals surface area contributed by atoms with Gasteiger partial charge in [-0.2, -0.15) is 0 Å². The van der Waals surface area contributed by atoms with Crippen LogP contribution in [0.2, 0.25) is 0 Å². The highest BCUT2D eigenvalue weighted by molar-refractivity contribution is 5.37. The van der Waals surface area contributed by atoms with Crippen molar-refractivity contribution in [1.82, 2.24) is 9.80 Å². The maximum atomic E-state index is 5.69. The van der Waals surface area contributed by atoms with E-state index in [-0.39, 0.29) is 0 Å². The van der Waals surface area contributed by atoms with E-state index in [1.807, 2.05) is 12.1 Å². The van der Waals surface area contributed by atoms with Gasteiger partial charge in [0.15, 0.2) is 0 Å². The Labute approximate surface area is 117 Å². The van der Waals surface area contributed by atoms with Gasteiger partial charge in [0.1, 0.15) is 5.75 Å². The molecule has 0 saturated heterocycles. The van der Waals surface area contributed by atoms with Crippen LogP contribution in [0.1, 0.15) is 17.5 Å². The molecule has 1 aromatic rings. The second-order valence-electron chi connectivity index (χ2n) is 5.24.